The van der Waals surface area contributed by atoms with Crippen LogP contribution in [0.2, 0.25) is 0 Å². The predicted octanol–water partition coefficient (Wildman–Crippen LogP) is 5.48. The molecule has 0 bridgehead atoms. The minimum absolute atomic E-state index is 0.0943. The SMILES string of the molecule is COc1ccc(-n2c(C=Cc3ccccc3C)nc3ccc(I)cc3c2=O)cc1. The van der Waals surface area contributed by atoms with Gasteiger partial charge in [-0.1, -0.05) is 30.3 Å². The van der Waals surface area contributed by atoms with Crippen LogP contribution in [0.4, 0.5) is 0 Å². The topological polar surface area (TPSA) is 44.1 Å². The van der Waals surface area contributed by atoms with E-state index in [-0.39, 0.29) is 5.56 Å². The van der Waals surface area contributed by atoms with Crippen molar-refractivity contribution in [2.75, 3.05) is 7.11 Å². The van der Waals surface area contributed by atoms with Crippen LogP contribution in [-0.4, -0.2) is 16.7 Å². The molecule has 29 heavy (non-hydrogen) atoms. The van der Waals surface area contributed by atoms with Crippen LogP contribution in [0.3, 0.4) is 0 Å². The van der Waals surface area contributed by atoms with Crippen LogP contribution in [0.5, 0.6) is 5.75 Å². The van der Waals surface area contributed by atoms with E-state index in [1.165, 1.54) is 0 Å². The van der Waals surface area contributed by atoms with E-state index in [1.807, 2.05) is 72.8 Å². The van der Waals surface area contributed by atoms with E-state index in [4.69, 9.17) is 9.72 Å². The molecular weight excluding hydrogens is 475 g/mol. The molecule has 0 unspecified atom stereocenters. The molecule has 4 aromatic rings. The average Bonchev–Trinajstić information content (AvgIpc) is 2.74. The standard InChI is InChI=1S/C24H19IN2O2/c1-16-5-3-4-6-17(16)7-14-23-26-22-13-8-18(25)15-21(22)24(28)27(23)19-9-11-20(29-2)12-10-19/h3-15H,1-2H3. The largest absolute Gasteiger partial charge is 0.497 e. The van der Waals surface area contributed by atoms with Crippen molar-refractivity contribution in [3.8, 4) is 11.4 Å². The van der Waals surface area contributed by atoms with Crippen LogP contribution in [0, 0.1) is 10.5 Å². The Morgan fingerprint density at radius 2 is 1.76 bits per heavy atom. The quantitative estimate of drug-likeness (QED) is 0.353. The first-order valence-corrected chi connectivity index (χ1v) is 10.2. The van der Waals surface area contributed by atoms with E-state index in [2.05, 4.69) is 35.6 Å². The fourth-order valence-corrected chi connectivity index (χ4v) is 3.70. The lowest BCUT2D eigenvalue weighted by Gasteiger charge is -2.12. The number of hydrogen-bond acceptors (Lipinski definition) is 3. The molecule has 1 aromatic heterocycles. The molecule has 0 N–H and O–H groups in total. The highest BCUT2D eigenvalue weighted by Gasteiger charge is 2.12. The molecular formula is C24H19IN2O2. The maximum atomic E-state index is 13.4. The summed E-state index contributed by atoms with van der Waals surface area (Å²) in [5, 5.41) is 0.598. The first kappa shape index (κ1) is 19.4. The summed E-state index contributed by atoms with van der Waals surface area (Å²) in [5.41, 5.74) is 3.59. The zero-order valence-corrected chi connectivity index (χ0v) is 18.3. The second kappa shape index (κ2) is 8.21. The zero-order valence-electron chi connectivity index (χ0n) is 16.1. The number of rotatable bonds is 4. The van der Waals surface area contributed by atoms with Gasteiger partial charge in [-0.3, -0.25) is 9.36 Å². The normalized spacial score (nSPS) is 11.3. The Morgan fingerprint density at radius 3 is 2.48 bits per heavy atom. The average molecular weight is 494 g/mol. The van der Waals surface area contributed by atoms with Gasteiger partial charge in [0.2, 0.25) is 0 Å². The van der Waals surface area contributed by atoms with Crippen LogP contribution < -0.4 is 10.3 Å². The van der Waals surface area contributed by atoms with Gasteiger partial charge in [0.1, 0.15) is 11.6 Å². The molecule has 0 radical (unpaired) electrons. The van der Waals surface area contributed by atoms with Crippen molar-refractivity contribution in [3.63, 3.8) is 0 Å². The van der Waals surface area contributed by atoms with Crippen molar-refractivity contribution in [2.24, 2.45) is 0 Å². The molecule has 0 atom stereocenters. The fraction of sp³-hybridized carbons (Fsp3) is 0.0833. The lowest BCUT2D eigenvalue weighted by molar-refractivity contribution is 0.414. The molecule has 0 saturated heterocycles. The minimum Gasteiger partial charge on any atom is -0.497 e. The van der Waals surface area contributed by atoms with E-state index < -0.39 is 0 Å². The van der Waals surface area contributed by atoms with Crippen molar-refractivity contribution in [1.82, 2.24) is 9.55 Å². The Bertz CT molecular complexity index is 1270. The lowest BCUT2D eigenvalue weighted by Crippen LogP contribution is -2.22. The van der Waals surface area contributed by atoms with Gasteiger partial charge in [-0.25, -0.2) is 4.98 Å². The van der Waals surface area contributed by atoms with E-state index in [0.29, 0.717) is 16.7 Å². The van der Waals surface area contributed by atoms with Gasteiger partial charge in [0.25, 0.3) is 5.56 Å². The number of benzene rings is 3. The van der Waals surface area contributed by atoms with Gasteiger partial charge >= 0.3 is 0 Å². The van der Waals surface area contributed by atoms with Crippen LogP contribution in [0.1, 0.15) is 17.0 Å². The number of fused-ring (bicyclic) bond motifs is 1. The van der Waals surface area contributed by atoms with E-state index in [1.54, 1.807) is 11.7 Å². The number of nitrogens with zero attached hydrogens (tertiary/aromatic N) is 2. The van der Waals surface area contributed by atoms with Crippen LogP contribution in [0.25, 0.3) is 28.7 Å². The van der Waals surface area contributed by atoms with Crippen molar-refractivity contribution < 1.29 is 4.74 Å². The number of methoxy groups -OCH3 is 1. The van der Waals surface area contributed by atoms with Gasteiger partial charge in [-0.15, -0.1) is 0 Å². The minimum atomic E-state index is -0.0943. The number of ether oxygens (including phenoxy) is 1. The van der Waals surface area contributed by atoms with Crippen molar-refractivity contribution in [1.29, 1.82) is 0 Å². The summed E-state index contributed by atoms with van der Waals surface area (Å²) in [6.45, 7) is 2.06. The van der Waals surface area contributed by atoms with Gasteiger partial charge in [0.05, 0.1) is 23.7 Å². The Hall–Kier alpha value is -2.93. The molecule has 0 aliphatic heterocycles. The summed E-state index contributed by atoms with van der Waals surface area (Å²) in [4.78, 5) is 18.2. The molecule has 4 rings (SSSR count). The van der Waals surface area contributed by atoms with Gasteiger partial charge < -0.3 is 4.74 Å². The van der Waals surface area contributed by atoms with Crippen LogP contribution in [0.15, 0.2) is 71.5 Å². The molecule has 144 valence electrons. The van der Waals surface area contributed by atoms with E-state index in [9.17, 15) is 4.79 Å². The van der Waals surface area contributed by atoms with Crippen LogP contribution in [-0.2, 0) is 0 Å². The first-order valence-electron chi connectivity index (χ1n) is 9.17. The van der Waals surface area contributed by atoms with Gasteiger partial charge in [-0.2, -0.15) is 0 Å². The summed E-state index contributed by atoms with van der Waals surface area (Å²) >= 11 is 2.21. The fourth-order valence-electron chi connectivity index (χ4n) is 3.21. The molecule has 0 aliphatic carbocycles. The third-order valence-electron chi connectivity index (χ3n) is 4.79. The van der Waals surface area contributed by atoms with Gasteiger partial charge in [0, 0.05) is 3.57 Å². The maximum absolute atomic E-state index is 13.4. The summed E-state index contributed by atoms with van der Waals surface area (Å²) in [5.74, 6) is 1.32. The molecule has 0 amide bonds. The third-order valence-corrected chi connectivity index (χ3v) is 5.46. The highest BCUT2D eigenvalue weighted by atomic mass is 127. The number of aromatic nitrogens is 2. The number of aryl methyl sites for hydroxylation is 1. The molecule has 1 heterocycles. The number of halogens is 1. The zero-order chi connectivity index (χ0) is 20.4. The molecule has 4 nitrogen and oxygen atoms in total. The second-order valence-electron chi connectivity index (χ2n) is 6.66. The maximum Gasteiger partial charge on any atom is 0.266 e. The molecule has 0 fully saturated rings. The lowest BCUT2D eigenvalue weighted by atomic mass is 10.1. The monoisotopic (exact) mass is 494 g/mol. The Morgan fingerprint density at radius 1 is 1.00 bits per heavy atom. The summed E-state index contributed by atoms with van der Waals surface area (Å²) in [7, 11) is 1.62. The van der Waals surface area contributed by atoms with Gasteiger partial charge in [0.15, 0.2) is 0 Å². The number of hydrogen-bond donors (Lipinski definition) is 0. The first-order chi connectivity index (χ1) is 14.1. The van der Waals surface area contributed by atoms with E-state index in [0.717, 1.165) is 26.1 Å². The summed E-state index contributed by atoms with van der Waals surface area (Å²) in [6.07, 6.45) is 3.89. The van der Waals surface area contributed by atoms with E-state index >= 15 is 0 Å². The Labute approximate surface area is 182 Å². The smallest absolute Gasteiger partial charge is 0.266 e. The summed E-state index contributed by atoms with van der Waals surface area (Å²) in [6, 6.07) is 21.3. The molecule has 0 spiro atoms. The predicted molar refractivity (Wildman–Crippen MR) is 127 cm³/mol. The molecule has 3 aromatic carbocycles. The Kier molecular flexibility index (Phi) is 5.49. The van der Waals surface area contributed by atoms with Crippen LogP contribution >= 0.6 is 22.6 Å². The summed E-state index contributed by atoms with van der Waals surface area (Å²) < 4.78 is 7.90. The van der Waals surface area contributed by atoms with Gasteiger partial charge in [-0.05, 0) is 89.2 Å². The van der Waals surface area contributed by atoms with Crippen molar-refractivity contribution in [3.05, 3.63) is 97.6 Å². The molecule has 5 heteroatoms. The second-order valence-corrected chi connectivity index (χ2v) is 7.91. The molecule has 0 aliphatic rings. The Balaban J connectivity index is 1.95. The third kappa shape index (κ3) is 3.96. The van der Waals surface area contributed by atoms with Crippen molar-refractivity contribution in [2.45, 2.75) is 6.92 Å². The molecule has 0 saturated carbocycles. The highest BCUT2D eigenvalue weighted by Crippen LogP contribution is 2.20. The van der Waals surface area contributed by atoms with Crippen molar-refractivity contribution >= 4 is 45.6 Å². The highest BCUT2D eigenvalue weighted by molar-refractivity contribution is 14.1.